The maximum Gasteiger partial charge on any atom is 0.255 e. The predicted molar refractivity (Wildman–Crippen MR) is 75.0 cm³/mol. The Morgan fingerprint density at radius 3 is 2.48 bits per heavy atom. The van der Waals surface area contributed by atoms with Crippen LogP contribution in [0.15, 0.2) is 46.9 Å². The van der Waals surface area contributed by atoms with E-state index in [-0.39, 0.29) is 22.3 Å². The summed E-state index contributed by atoms with van der Waals surface area (Å²) in [6.45, 7) is 0. The van der Waals surface area contributed by atoms with Crippen molar-refractivity contribution in [2.75, 3.05) is 7.05 Å². The lowest BCUT2D eigenvalue weighted by atomic mass is 10.0. The third-order valence-corrected chi connectivity index (χ3v) is 3.22. The standard InChI is InChI=1S/C16H11F2NO2/c1-19-16(20)14-13-11(18)3-2-4-12(13)21-15(14)9-5-7-10(17)8-6-9/h2-8H,1H3,(H,19,20). The Morgan fingerprint density at radius 2 is 1.81 bits per heavy atom. The molecule has 0 radical (unpaired) electrons. The summed E-state index contributed by atoms with van der Waals surface area (Å²) in [5.41, 5.74) is 0.885. The molecule has 0 unspecified atom stereocenters. The van der Waals surface area contributed by atoms with Gasteiger partial charge >= 0.3 is 0 Å². The van der Waals surface area contributed by atoms with Crippen molar-refractivity contribution in [1.29, 1.82) is 0 Å². The van der Waals surface area contributed by atoms with Gasteiger partial charge in [0.2, 0.25) is 0 Å². The topological polar surface area (TPSA) is 42.2 Å². The molecule has 0 bridgehead atoms. The Labute approximate surface area is 119 Å². The lowest BCUT2D eigenvalue weighted by Crippen LogP contribution is -2.18. The van der Waals surface area contributed by atoms with Gasteiger partial charge in [-0.2, -0.15) is 0 Å². The van der Waals surface area contributed by atoms with Crippen molar-refractivity contribution in [2.45, 2.75) is 0 Å². The molecule has 3 rings (SSSR count). The molecule has 2 aromatic carbocycles. The van der Waals surface area contributed by atoms with Gasteiger partial charge in [0.05, 0.1) is 10.9 Å². The molecule has 0 spiro atoms. The van der Waals surface area contributed by atoms with Crippen LogP contribution in [0.5, 0.6) is 0 Å². The first-order valence-electron chi connectivity index (χ1n) is 6.31. The summed E-state index contributed by atoms with van der Waals surface area (Å²) in [4.78, 5) is 12.1. The van der Waals surface area contributed by atoms with Crippen molar-refractivity contribution < 1.29 is 18.0 Å². The quantitative estimate of drug-likeness (QED) is 0.780. The molecule has 1 amide bonds. The van der Waals surface area contributed by atoms with Gasteiger partial charge in [0.15, 0.2) is 0 Å². The zero-order valence-corrected chi connectivity index (χ0v) is 11.1. The van der Waals surface area contributed by atoms with Crippen LogP contribution in [0.4, 0.5) is 8.78 Å². The molecule has 0 atom stereocenters. The van der Waals surface area contributed by atoms with Gasteiger partial charge in [-0.05, 0) is 36.4 Å². The molecule has 5 heteroatoms. The van der Waals surface area contributed by atoms with E-state index in [2.05, 4.69) is 5.32 Å². The van der Waals surface area contributed by atoms with Gasteiger partial charge in [0.1, 0.15) is 23.0 Å². The highest BCUT2D eigenvalue weighted by Gasteiger charge is 2.23. The van der Waals surface area contributed by atoms with Crippen LogP contribution in [0, 0.1) is 11.6 Å². The number of fused-ring (bicyclic) bond motifs is 1. The van der Waals surface area contributed by atoms with Crippen molar-refractivity contribution in [3.05, 3.63) is 59.7 Å². The molecule has 0 saturated heterocycles. The molecule has 1 N–H and O–H groups in total. The van der Waals surface area contributed by atoms with Gasteiger partial charge < -0.3 is 9.73 Å². The van der Waals surface area contributed by atoms with Crippen LogP contribution in [0.2, 0.25) is 0 Å². The molecule has 3 nitrogen and oxygen atoms in total. The number of hydrogen-bond acceptors (Lipinski definition) is 2. The molecule has 1 heterocycles. The molecule has 106 valence electrons. The summed E-state index contributed by atoms with van der Waals surface area (Å²) in [6, 6.07) is 9.83. The van der Waals surface area contributed by atoms with Crippen LogP contribution >= 0.6 is 0 Å². The minimum Gasteiger partial charge on any atom is -0.455 e. The Balaban J connectivity index is 2.34. The molecule has 21 heavy (non-hydrogen) atoms. The average Bonchev–Trinajstić information content (AvgIpc) is 2.88. The Bertz CT molecular complexity index is 822. The van der Waals surface area contributed by atoms with Crippen molar-refractivity contribution in [1.82, 2.24) is 5.32 Å². The smallest absolute Gasteiger partial charge is 0.255 e. The third-order valence-electron chi connectivity index (χ3n) is 3.22. The van der Waals surface area contributed by atoms with E-state index in [1.54, 1.807) is 6.07 Å². The maximum atomic E-state index is 14.0. The van der Waals surface area contributed by atoms with Gasteiger partial charge in [-0.25, -0.2) is 8.78 Å². The summed E-state index contributed by atoms with van der Waals surface area (Å²) >= 11 is 0. The van der Waals surface area contributed by atoms with Crippen LogP contribution in [0.1, 0.15) is 10.4 Å². The number of furan rings is 1. The van der Waals surface area contributed by atoms with E-state index >= 15 is 0 Å². The van der Waals surface area contributed by atoms with E-state index in [1.165, 1.54) is 43.4 Å². The molecule has 0 aliphatic heterocycles. The second kappa shape index (κ2) is 5.01. The number of halogens is 2. The lowest BCUT2D eigenvalue weighted by Gasteiger charge is -2.02. The first kappa shape index (κ1) is 13.3. The Morgan fingerprint density at radius 1 is 1.10 bits per heavy atom. The monoisotopic (exact) mass is 287 g/mol. The summed E-state index contributed by atoms with van der Waals surface area (Å²) in [6.07, 6.45) is 0. The first-order chi connectivity index (χ1) is 10.1. The van der Waals surface area contributed by atoms with E-state index < -0.39 is 17.5 Å². The minimum absolute atomic E-state index is 0.109. The molecule has 0 aliphatic rings. The molecule has 3 aromatic rings. The van der Waals surface area contributed by atoms with Gasteiger partial charge in [0, 0.05) is 12.6 Å². The number of rotatable bonds is 2. The van der Waals surface area contributed by atoms with Crippen LogP contribution in [0.25, 0.3) is 22.3 Å². The molecule has 0 fully saturated rings. The van der Waals surface area contributed by atoms with Gasteiger partial charge in [-0.3, -0.25) is 4.79 Å². The molecular formula is C16H11F2NO2. The van der Waals surface area contributed by atoms with E-state index in [4.69, 9.17) is 4.42 Å². The summed E-state index contributed by atoms with van der Waals surface area (Å²) in [5.74, 6) is -1.18. The highest BCUT2D eigenvalue weighted by molar-refractivity contribution is 6.11. The number of amides is 1. The largest absolute Gasteiger partial charge is 0.455 e. The number of benzene rings is 2. The Kier molecular flexibility index (Phi) is 3.17. The molecule has 0 aliphatic carbocycles. The fourth-order valence-electron chi connectivity index (χ4n) is 2.25. The number of nitrogens with one attached hydrogen (secondary N) is 1. The van der Waals surface area contributed by atoms with E-state index in [0.29, 0.717) is 5.56 Å². The maximum absolute atomic E-state index is 14.0. The van der Waals surface area contributed by atoms with Gasteiger partial charge in [0.25, 0.3) is 5.91 Å². The second-order valence-corrected chi connectivity index (χ2v) is 4.51. The molecule has 0 saturated carbocycles. The van der Waals surface area contributed by atoms with Crippen LogP contribution in [-0.4, -0.2) is 13.0 Å². The molecular weight excluding hydrogens is 276 g/mol. The average molecular weight is 287 g/mol. The minimum atomic E-state index is -0.539. The first-order valence-corrected chi connectivity index (χ1v) is 6.31. The SMILES string of the molecule is CNC(=O)c1c(-c2ccc(F)cc2)oc2cccc(F)c12. The zero-order chi connectivity index (χ0) is 15.0. The number of carbonyl (C=O) groups excluding carboxylic acids is 1. The van der Waals surface area contributed by atoms with Crippen LogP contribution < -0.4 is 5.32 Å². The Hall–Kier alpha value is -2.69. The van der Waals surface area contributed by atoms with Crippen LogP contribution in [-0.2, 0) is 0 Å². The van der Waals surface area contributed by atoms with E-state index in [0.717, 1.165) is 0 Å². The fourth-order valence-corrected chi connectivity index (χ4v) is 2.25. The highest BCUT2D eigenvalue weighted by Crippen LogP contribution is 2.35. The van der Waals surface area contributed by atoms with Crippen molar-refractivity contribution >= 4 is 16.9 Å². The van der Waals surface area contributed by atoms with Crippen molar-refractivity contribution in [3.8, 4) is 11.3 Å². The second-order valence-electron chi connectivity index (χ2n) is 4.51. The van der Waals surface area contributed by atoms with Crippen molar-refractivity contribution in [3.63, 3.8) is 0 Å². The van der Waals surface area contributed by atoms with Crippen LogP contribution in [0.3, 0.4) is 0 Å². The zero-order valence-electron chi connectivity index (χ0n) is 11.1. The fraction of sp³-hybridized carbons (Fsp3) is 0.0625. The number of carbonyl (C=O) groups is 1. The molecule has 1 aromatic heterocycles. The number of hydrogen-bond donors (Lipinski definition) is 1. The lowest BCUT2D eigenvalue weighted by molar-refractivity contribution is 0.0964. The summed E-state index contributed by atoms with van der Waals surface area (Å²) < 4.78 is 32.7. The van der Waals surface area contributed by atoms with Crippen molar-refractivity contribution in [2.24, 2.45) is 0 Å². The summed E-state index contributed by atoms with van der Waals surface area (Å²) in [5, 5.41) is 2.59. The van der Waals surface area contributed by atoms with E-state index in [1.807, 2.05) is 0 Å². The normalized spacial score (nSPS) is 10.8. The van der Waals surface area contributed by atoms with Gasteiger partial charge in [-0.1, -0.05) is 6.07 Å². The predicted octanol–water partition coefficient (Wildman–Crippen LogP) is 3.74. The van der Waals surface area contributed by atoms with Gasteiger partial charge in [-0.15, -0.1) is 0 Å². The highest BCUT2D eigenvalue weighted by atomic mass is 19.1. The third kappa shape index (κ3) is 2.16. The van der Waals surface area contributed by atoms with E-state index in [9.17, 15) is 13.6 Å². The summed E-state index contributed by atoms with van der Waals surface area (Å²) in [7, 11) is 1.45.